The average Bonchev–Trinajstić information content (AvgIpc) is 3.88. The molecule has 0 spiro atoms. The highest BCUT2D eigenvalue weighted by Gasteiger charge is 2.42. The molecular formula is C77H74N2. The first-order chi connectivity index (χ1) is 38.9. The predicted molar refractivity (Wildman–Crippen MR) is 339 cm³/mol. The van der Waals surface area contributed by atoms with E-state index in [4.69, 9.17) is 9.97 Å². The van der Waals surface area contributed by atoms with Crippen LogP contribution in [-0.4, -0.2) is 9.97 Å². The molecule has 12 rings (SSSR count). The normalized spacial score (nSPS) is 12.6. The Labute approximate surface area is 469 Å². The number of rotatable bonds is 20. The Balaban J connectivity index is 0.833. The maximum absolute atomic E-state index is 5.20. The van der Waals surface area contributed by atoms with Crippen molar-refractivity contribution >= 4 is 32.3 Å². The summed E-state index contributed by atoms with van der Waals surface area (Å²) >= 11 is 0. The SMILES string of the molecule is CCCCCCCCC1(CCCCCCCC)c2cc(-c3ccc(-c4ccc(C)cc4)cc3)ccc2-c2ccc(-c3ccc(-c4ccc(-c5cc(C)nc(-c6ccc7c8ccccc8c8ccccc8c7c6)n5)cc4)cc3)cc21. The van der Waals surface area contributed by atoms with E-state index < -0.39 is 0 Å². The molecule has 0 bridgehead atoms. The zero-order valence-electron chi connectivity index (χ0n) is 46.9. The van der Waals surface area contributed by atoms with Gasteiger partial charge in [0.2, 0.25) is 0 Å². The molecule has 0 atom stereocenters. The van der Waals surface area contributed by atoms with Crippen molar-refractivity contribution < 1.29 is 0 Å². The fourth-order valence-electron chi connectivity index (χ4n) is 13.1. The van der Waals surface area contributed by atoms with Crippen molar-refractivity contribution in [2.75, 3.05) is 0 Å². The van der Waals surface area contributed by atoms with Crippen LogP contribution in [0.2, 0.25) is 0 Å². The lowest BCUT2D eigenvalue weighted by Crippen LogP contribution is -2.25. The van der Waals surface area contributed by atoms with E-state index in [0.29, 0.717) is 0 Å². The summed E-state index contributed by atoms with van der Waals surface area (Å²) in [5.74, 6) is 0.746. The Hall–Kier alpha value is -7.94. The molecule has 392 valence electrons. The van der Waals surface area contributed by atoms with Crippen molar-refractivity contribution in [3.05, 3.63) is 229 Å². The van der Waals surface area contributed by atoms with Crippen LogP contribution in [0.3, 0.4) is 0 Å². The summed E-state index contributed by atoms with van der Waals surface area (Å²) in [6, 6.07) is 77.6. The molecule has 1 aromatic heterocycles. The lowest BCUT2D eigenvalue weighted by atomic mass is 9.70. The molecule has 1 aliphatic rings. The van der Waals surface area contributed by atoms with Gasteiger partial charge in [0, 0.05) is 22.2 Å². The second kappa shape index (κ2) is 23.2. The predicted octanol–water partition coefficient (Wildman–Crippen LogP) is 22.3. The molecule has 0 aliphatic heterocycles. The minimum absolute atomic E-state index is 0.0294. The summed E-state index contributed by atoms with van der Waals surface area (Å²) in [6.07, 6.45) is 18.0. The smallest absolute Gasteiger partial charge is 0.160 e. The molecule has 79 heavy (non-hydrogen) atoms. The van der Waals surface area contributed by atoms with Crippen molar-refractivity contribution in [3.63, 3.8) is 0 Å². The number of aryl methyl sites for hydroxylation is 2. The molecule has 11 aromatic rings. The number of fused-ring (bicyclic) bond motifs is 9. The largest absolute Gasteiger partial charge is 0.233 e. The third-order valence-electron chi connectivity index (χ3n) is 17.5. The van der Waals surface area contributed by atoms with Gasteiger partial charge in [-0.3, -0.25) is 0 Å². The standard InChI is InChI=1S/C77H74N2/c1-5-7-9-11-13-19-47-77(48-20-14-12-10-8-6-2)73-51-62(59-33-29-56(30-34-59)55-27-25-53(3)26-28-55)41-45-70(73)71-46-42-63(52-74(71)77)60-35-31-57(32-36-60)58-37-39-61(40-38-58)75-49-54(4)78-76(79-75)64-43-44-69-67-23-16-15-21-65(67)66-22-17-18-24-68(66)72(69)50-64/h15-18,21-46,49-52H,5-14,19-20,47-48H2,1-4H3. The van der Waals surface area contributed by atoms with Gasteiger partial charge >= 0.3 is 0 Å². The Morgan fingerprint density at radius 3 is 1.14 bits per heavy atom. The van der Waals surface area contributed by atoms with Gasteiger partial charge in [0.1, 0.15) is 0 Å². The van der Waals surface area contributed by atoms with Crippen LogP contribution in [0.5, 0.6) is 0 Å². The van der Waals surface area contributed by atoms with Crippen molar-refractivity contribution in [3.8, 4) is 78.3 Å². The Morgan fingerprint density at radius 2 is 0.671 bits per heavy atom. The molecule has 10 aromatic carbocycles. The summed E-state index contributed by atoms with van der Waals surface area (Å²) in [4.78, 5) is 10.2. The van der Waals surface area contributed by atoms with E-state index in [0.717, 1.165) is 28.3 Å². The van der Waals surface area contributed by atoms with Gasteiger partial charge in [-0.2, -0.15) is 0 Å². The summed E-state index contributed by atoms with van der Waals surface area (Å²) in [6.45, 7) is 8.88. The van der Waals surface area contributed by atoms with Gasteiger partial charge in [0.05, 0.1) is 5.69 Å². The number of nitrogens with zero attached hydrogens (tertiary/aromatic N) is 2. The first-order valence-electron chi connectivity index (χ1n) is 29.7. The van der Waals surface area contributed by atoms with Crippen molar-refractivity contribution in [2.45, 2.75) is 123 Å². The topological polar surface area (TPSA) is 25.8 Å². The molecule has 1 aliphatic carbocycles. The molecule has 0 saturated carbocycles. The molecule has 1 heterocycles. The number of hydrogen-bond donors (Lipinski definition) is 0. The maximum atomic E-state index is 5.20. The first kappa shape index (κ1) is 51.8. The first-order valence-corrected chi connectivity index (χ1v) is 29.7. The highest BCUT2D eigenvalue weighted by molar-refractivity contribution is 6.25. The number of hydrogen-bond acceptors (Lipinski definition) is 2. The highest BCUT2D eigenvalue weighted by atomic mass is 14.9. The maximum Gasteiger partial charge on any atom is 0.160 e. The van der Waals surface area contributed by atoms with E-state index in [-0.39, 0.29) is 5.41 Å². The Morgan fingerprint density at radius 1 is 0.304 bits per heavy atom. The lowest BCUT2D eigenvalue weighted by Gasteiger charge is -2.33. The van der Waals surface area contributed by atoms with Gasteiger partial charge in [0.15, 0.2) is 5.82 Å². The van der Waals surface area contributed by atoms with E-state index >= 15 is 0 Å². The molecule has 2 nitrogen and oxygen atoms in total. The Bertz CT molecular complexity index is 3870. The lowest BCUT2D eigenvalue weighted by molar-refractivity contribution is 0.398. The van der Waals surface area contributed by atoms with Gasteiger partial charge in [-0.15, -0.1) is 0 Å². The molecule has 0 N–H and O–H groups in total. The summed E-state index contributed by atoms with van der Waals surface area (Å²) in [7, 11) is 0. The fraction of sp³-hybridized carbons (Fsp3) is 0.247. The number of aromatic nitrogens is 2. The van der Waals surface area contributed by atoms with E-state index in [1.54, 1.807) is 11.1 Å². The number of unbranched alkanes of at least 4 members (excludes halogenated alkanes) is 10. The quantitative estimate of drug-likeness (QED) is 0.0562. The van der Waals surface area contributed by atoms with E-state index in [1.807, 2.05) is 0 Å². The molecule has 2 heteroatoms. The third kappa shape index (κ3) is 10.6. The van der Waals surface area contributed by atoms with Gasteiger partial charge in [-0.1, -0.05) is 278 Å². The van der Waals surface area contributed by atoms with Gasteiger partial charge in [0.25, 0.3) is 0 Å². The molecule has 0 radical (unpaired) electrons. The van der Waals surface area contributed by atoms with Crippen LogP contribution >= 0.6 is 0 Å². The summed E-state index contributed by atoms with van der Waals surface area (Å²) in [5.41, 5.74) is 21.3. The molecule has 0 unspecified atom stereocenters. The van der Waals surface area contributed by atoms with Crippen LogP contribution in [0.25, 0.3) is 111 Å². The van der Waals surface area contributed by atoms with Crippen LogP contribution in [0, 0.1) is 13.8 Å². The zero-order valence-corrected chi connectivity index (χ0v) is 46.9. The van der Waals surface area contributed by atoms with Crippen LogP contribution in [-0.2, 0) is 5.41 Å². The molecular weight excluding hydrogens is 953 g/mol. The highest BCUT2D eigenvalue weighted by Crippen LogP contribution is 2.56. The molecule has 0 fully saturated rings. The monoisotopic (exact) mass is 1030 g/mol. The minimum Gasteiger partial charge on any atom is -0.233 e. The van der Waals surface area contributed by atoms with Crippen LogP contribution in [0.4, 0.5) is 0 Å². The zero-order chi connectivity index (χ0) is 53.7. The Kier molecular flexibility index (Phi) is 15.2. The third-order valence-corrected chi connectivity index (χ3v) is 17.5. The van der Waals surface area contributed by atoms with E-state index in [9.17, 15) is 0 Å². The van der Waals surface area contributed by atoms with Crippen LogP contribution < -0.4 is 0 Å². The van der Waals surface area contributed by atoms with Crippen molar-refractivity contribution in [1.82, 2.24) is 9.97 Å². The fourth-order valence-corrected chi connectivity index (χ4v) is 13.1. The van der Waals surface area contributed by atoms with Crippen molar-refractivity contribution in [2.24, 2.45) is 0 Å². The summed E-state index contributed by atoms with van der Waals surface area (Å²) < 4.78 is 0. The minimum atomic E-state index is -0.0294. The van der Waals surface area contributed by atoms with Gasteiger partial charge < -0.3 is 0 Å². The van der Waals surface area contributed by atoms with Crippen LogP contribution in [0.1, 0.15) is 126 Å². The van der Waals surface area contributed by atoms with E-state index in [1.165, 1.54) is 183 Å². The van der Waals surface area contributed by atoms with Crippen molar-refractivity contribution in [1.29, 1.82) is 0 Å². The molecule has 0 saturated heterocycles. The second-order valence-electron chi connectivity index (χ2n) is 22.8. The van der Waals surface area contributed by atoms with E-state index in [2.05, 4.69) is 234 Å². The van der Waals surface area contributed by atoms with Gasteiger partial charge in [-0.05, 0) is 150 Å². The number of benzene rings is 10. The molecule has 0 amide bonds. The summed E-state index contributed by atoms with van der Waals surface area (Å²) in [5, 5.41) is 7.54. The average molecular weight is 1030 g/mol. The second-order valence-corrected chi connectivity index (χ2v) is 22.8. The van der Waals surface area contributed by atoms with Gasteiger partial charge in [-0.25, -0.2) is 9.97 Å². The van der Waals surface area contributed by atoms with Crippen LogP contribution in [0.15, 0.2) is 206 Å².